The van der Waals surface area contributed by atoms with Crippen LogP contribution in [0.3, 0.4) is 0 Å². The average molecular weight is 307 g/mol. The lowest BCUT2D eigenvalue weighted by atomic mass is 9.94. The zero-order chi connectivity index (χ0) is 16.1. The van der Waals surface area contributed by atoms with Crippen molar-refractivity contribution in [3.05, 3.63) is 77.4 Å². The molecule has 0 spiro atoms. The fourth-order valence-electron chi connectivity index (χ4n) is 2.92. The Labute approximate surface area is 137 Å². The Morgan fingerprint density at radius 3 is 2.74 bits per heavy atom. The number of nitrogens with one attached hydrogen (secondary N) is 1. The highest BCUT2D eigenvalue weighted by molar-refractivity contribution is 5.91. The highest BCUT2D eigenvalue weighted by atomic mass is 16.5. The van der Waals surface area contributed by atoms with Crippen molar-refractivity contribution >= 4 is 12.0 Å². The zero-order valence-electron chi connectivity index (χ0n) is 13.2. The second-order valence-electron chi connectivity index (χ2n) is 5.78. The molecule has 1 N–H and O–H groups in total. The summed E-state index contributed by atoms with van der Waals surface area (Å²) in [6, 6.07) is 18.0. The van der Waals surface area contributed by atoms with E-state index >= 15 is 0 Å². The van der Waals surface area contributed by atoms with Crippen LogP contribution in [0.15, 0.2) is 60.7 Å². The van der Waals surface area contributed by atoms with Crippen LogP contribution in [0.5, 0.6) is 0 Å². The van der Waals surface area contributed by atoms with Crippen molar-refractivity contribution in [1.29, 1.82) is 0 Å². The van der Waals surface area contributed by atoms with Crippen molar-refractivity contribution in [3.63, 3.8) is 0 Å². The van der Waals surface area contributed by atoms with Crippen LogP contribution in [0.1, 0.15) is 29.7 Å². The highest BCUT2D eigenvalue weighted by Gasteiger charge is 2.26. The van der Waals surface area contributed by atoms with Crippen LogP contribution in [0, 0.1) is 0 Å². The topological polar surface area (TPSA) is 38.3 Å². The summed E-state index contributed by atoms with van der Waals surface area (Å²) in [5.74, 6) is -0.104. The third-order valence-electron chi connectivity index (χ3n) is 4.08. The maximum atomic E-state index is 12.1. The van der Waals surface area contributed by atoms with E-state index < -0.39 is 0 Å². The molecule has 3 nitrogen and oxygen atoms in total. The normalized spacial score (nSPS) is 18.4. The molecule has 23 heavy (non-hydrogen) atoms. The first-order valence-electron chi connectivity index (χ1n) is 7.97. The van der Waals surface area contributed by atoms with E-state index in [1.165, 1.54) is 11.1 Å². The van der Waals surface area contributed by atoms with Crippen molar-refractivity contribution in [1.82, 2.24) is 5.32 Å². The molecular formula is C20H21NO2. The van der Waals surface area contributed by atoms with Gasteiger partial charge in [0.1, 0.15) is 6.10 Å². The van der Waals surface area contributed by atoms with Gasteiger partial charge in [-0.15, -0.1) is 0 Å². The molecule has 0 aliphatic carbocycles. The predicted molar refractivity (Wildman–Crippen MR) is 91.9 cm³/mol. The number of carbonyl (C=O) groups is 1. The number of rotatable bonds is 4. The second-order valence-corrected chi connectivity index (χ2v) is 5.78. The Bertz CT molecular complexity index is 694. The van der Waals surface area contributed by atoms with E-state index in [2.05, 4.69) is 17.4 Å². The summed E-state index contributed by atoms with van der Waals surface area (Å²) >= 11 is 0. The van der Waals surface area contributed by atoms with Gasteiger partial charge in [0.15, 0.2) is 0 Å². The maximum Gasteiger partial charge on any atom is 0.244 e. The van der Waals surface area contributed by atoms with E-state index in [1.807, 2.05) is 55.5 Å². The number of benzene rings is 2. The molecule has 0 fully saturated rings. The van der Waals surface area contributed by atoms with Gasteiger partial charge in [-0.3, -0.25) is 4.79 Å². The fourth-order valence-corrected chi connectivity index (χ4v) is 2.92. The van der Waals surface area contributed by atoms with Crippen molar-refractivity contribution in [3.8, 4) is 0 Å². The predicted octanol–water partition coefficient (Wildman–Crippen LogP) is 3.52. The number of amides is 1. The van der Waals surface area contributed by atoms with Gasteiger partial charge in [-0.25, -0.2) is 0 Å². The van der Waals surface area contributed by atoms with Crippen LogP contribution < -0.4 is 5.32 Å². The minimum atomic E-state index is -0.104. The summed E-state index contributed by atoms with van der Waals surface area (Å²) in [6.07, 6.45) is 4.23. The Hall–Kier alpha value is -2.39. The molecule has 0 bridgehead atoms. The van der Waals surface area contributed by atoms with Gasteiger partial charge in [0.05, 0.1) is 12.6 Å². The largest absolute Gasteiger partial charge is 0.371 e. The van der Waals surface area contributed by atoms with Crippen LogP contribution >= 0.6 is 0 Å². The smallest absolute Gasteiger partial charge is 0.244 e. The molecule has 0 aromatic heterocycles. The lowest BCUT2D eigenvalue weighted by Gasteiger charge is -2.30. The molecule has 3 heteroatoms. The van der Waals surface area contributed by atoms with E-state index in [0.717, 1.165) is 12.0 Å². The quantitative estimate of drug-likeness (QED) is 0.878. The van der Waals surface area contributed by atoms with Gasteiger partial charge in [-0.1, -0.05) is 54.6 Å². The SMILES string of the molecule is C[C@H](NC(=O)C=Cc1ccccc1)[C@H]1OCCc2ccccc21. The Morgan fingerprint density at radius 2 is 1.91 bits per heavy atom. The molecule has 0 radical (unpaired) electrons. The van der Waals surface area contributed by atoms with Gasteiger partial charge < -0.3 is 10.1 Å². The summed E-state index contributed by atoms with van der Waals surface area (Å²) in [5.41, 5.74) is 3.50. The third-order valence-corrected chi connectivity index (χ3v) is 4.08. The van der Waals surface area contributed by atoms with Gasteiger partial charge in [0.2, 0.25) is 5.91 Å². The van der Waals surface area contributed by atoms with Crippen LogP contribution in [0.25, 0.3) is 6.08 Å². The average Bonchev–Trinajstić information content (AvgIpc) is 2.60. The number of hydrogen-bond acceptors (Lipinski definition) is 2. The van der Waals surface area contributed by atoms with Crippen molar-refractivity contribution in [2.75, 3.05) is 6.61 Å². The molecule has 3 rings (SSSR count). The lowest BCUT2D eigenvalue weighted by Crippen LogP contribution is -2.39. The van der Waals surface area contributed by atoms with E-state index in [4.69, 9.17) is 4.74 Å². The molecule has 2 atom stereocenters. The molecule has 1 aliphatic rings. The first kappa shape index (κ1) is 15.5. The van der Waals surface area contributed by atoms with Crippen molar-refractivity contribution in [2.45, 2.75) is 25.5 Å². The standard InChI is InChI=1S/C20H21NO2/c1-15(20-18-10-6-5-9-17(18)13-14-23-20)21-19(22)12-11-16-7-3-2-4-8-16/h2-12,15,20H,13-14H2,1H3,(H,21,22)/t15-,20+/m0/s1. The molecule has 0 saturated heterocycles. The van der Waals surface area contributed by atoms with Gasteiger partial charge in [-0.2, -0.15) is 0 Å². The van der Waals surface area contributed by atoms with Crippen LogP contribution in [0.4, 0.5) is 0 Å². The fraction of sp³-hybridized carbons (Fsp3) is 0.250. The van der Waals surface area contributed by atoms with Gasteiger partial charge in [0, 0.05) is 6.08 Å². The Balaban J connectivity index is 1.64. The summed E-state index contributed by atoms with van der Waals surface area (Å²) in [5, 5.41) is 3.01. The van der Waals surface area contributed by atoms with Crippen molar-refractivity contribution in [2.24, 2.45) is 0 Å². The Kier molecular flexibility index (Phi) is 4.89. The molecule has 0 unspecified atom stereocenters. The first-order valence-corrected chi connectivity index (χ1v) is 7.97. The summed E-state index contributed by atoms with van der Waals surface area (Å²) in [6.45, 7) is 2.68. The van der Waals surface area contributed by atoms with Gasteiger partial charge >= 0.3 is 0 Å². The molecular weight excluding hydrogens is 286 g/mol. The molecule has 1 aliphatic heterocycles. The van der Waals surface area contributed by atoms with Crippen LogP contribution in [0.2, 0.25) is 0 Å². The molecule has 0 saturated carbocycles. The number of hydrogen-bond donors (Lipinski definition) is 1. The van der Waals surface area contributed by atoms with Crippen molar-refractivity contribution < 1.29 is 9.53 Å². The highest BCUT2D eigenvalue weighted by Crippen LogP contribution is 2.29. The van der Waals surface area contributed by atoms with Gasteiger partial charge in [-0.05, 0) is 36.1 Å². The van der Waals surface area contributed by atoms with E-state index in [-0.39, 0.29) is 18.1 Å². The minimum absolute atomic E-state index is 0.0793. The number of ether oxygens (including phenoxy) is 1. The maximum absolute atomic E-state index is 12.1. The number of fused-ring (bicyclic) bond motifs is 1. The Morgan fingerprint density at radius 1 is 1.17 bits per heavy atom. The summed E-state index contributed by atoms with van der Waals surface area (Å²) in [4.78, 5) is 12.1. The third kappa shape index (κ3) is 3.88. The molecule has 118 valence electrons. The van der Waals surface area contributed by atoms with E-state index in [0.29, 0.717) is 6.61 Å². The molecule has 2 aromatic carbocycles. The summed E-state index contributed by atoms with van der Waals surface area (Å²) < 4.78 is 5.89. The van der Waals surface area contributed by atoms with Gasteiger partial charge in [0.25, 0.3) is 0 Å². The monoisotopic (exact) mass is 307 g/mol. The van der Waals surface area contributed by atoms with E-state index in [1.54, 1.807) is 6.08 Å². The first-order chi connectivity index (χ1) is 11.2. The number of carbonyl (C=O) groups excluding carboxylic acids is 1. The van der Waals surface area contributed by atoms with Crippen LogP contribution in [-0.4, -0.2) is 18.6 Å². The van der Waals surface area contributed by atoms with Crippen LogP contribution in [-0.2, 0) is 16.0 Å². The summed E-state index contributed by atoms with van der Waals surface area (Å²) in [7, 11) is 0. The minimum Gasteiger partial charge on any atom is -0.371 e. The zero-order valence-corrected chi connectivity index (χ0v) is 13.2. The second kappa shape index (κ2) is 7.25. The molecule has 2 aromatic rings. The lowest BCUT2D eigenvalue weighted by molar-refractivity contribution is -0.118. The molecule has 1 amide bonds. The molecule has 1 heterocycles. The van der Waals surface area contributed by atoms with E-state index in [9.17, 15) is 4.79 Å².